The van der Waals surface area contributed by atoms with Gasteiger partial charge in [-0.1, -0.05) is 12.1 Å². The van der Waals surface area contributed by atoms with Crippen LogP contribution in [0.25, 0.3) is 0 Å². The Labute approximate surface area is 130 Å². The Hall–Kier alpha value is -2.51. The van der Waals surface area contributed by atoms with Crippen LogP contribution in [0.5, 0.6) is 5.75 Å². The minimum absolute atomic E-state index is 0.311. The fraction of sp³-hybridized carbons (Fsp3) is 0.278. The van der Waals surface area contributed by atoms with Gasteiger partial charge in [-0.3, -0.25) is 0 Å². The average Bonchev–Trinajstić information content (AvgIpc) is 2.57. The van der Waals surface area contributed by atoms with Crippen LogP contribution < -0.4 is 9.80 Å². The maximum Gasteiger partial charge on any atom is 0.115 e. The number of nitrogens with one attached hydrogen (secondary N) is 1. The summed E-state index contributed by atoms with van der Waals surface area (Å²) in [6.45, 7) is 5.16. The fourth-order valence-electron chi connectivity index (χ4n) is 2.96. The highest BCUT2D eigenvalue weighted by atomic mass is 16.3. The molecule has 1 aliphatic rings. The molecule has 3 rings (SSSR count). The zero-order chi connectivity index (χ0) is 15.4. The van der Waals surface area contributed by atoms with Crippen molar-refractivity contribution in [1.82, 2.24) is 0 Å². The summed E-state index contributed by atoms with van der Waals surface area (Å²) in [5, 5.41) is 18.3. The average molecular weight is 294 g/mol. The van der Waals surface area contributed by atoms with Crippen molar-refractivity contribution in [2.45, 2.75) is 6.54 Å². The minimum atomic E-state index is 0.311. The lowest BCUT2D eigenvalue weighted by Gasteiger charge is -2.33. The summed E-state index contributed by atoms with van der Waals surface area (Å²) >= 11 is 0. The molecule has 0 amide bonds. The molecule has 2 aromatic carbocycles. The molecule has 0 unspecified atom stereocenters. The first-order chi connectivity index (χ1) is 10.7. The van der Waals surface area contributed by atoms with Crippen LogP contribution >= 0.6 is 0 Å². The van der Waals surface area contributed by atoms with Gasteiger partial charge in [-0.2, -0.15) is 5.26 Å². The number of piperazine rings is 1. The Morgan fingerprint density at radius 3 is 2.50 bits per heavy atom. The van der Waals surface area contributed by atoms with Crippen LogP contribution in [-0.4, -0.2) is 31.3 Å². The van der Waals surface area contributed by atoms with Gasteiger partial charge in [0.1, 0.15) is 12.3 Å². The van der Waals surface area contributed by atoms with Gasteiger partial charge >= 0.3 is 0 Å². The molecule has 4 nitrogen and oxygen atoms in total. The van der Waals surface area contributed by atoms with E-state index in [-0.39, 0.29) is 0 Å². The van der Waals surface area contributed by atoms with E-state index >= 15 is 0 Å². The number of benzene rings is 2. The van der Waals surface area contributed by atoms with Crippen LogP contribution in [0.2, 0.25) is 0 Å². The third kappa shape index (κ3) is 3.38. The number of hydrogen-bond acceptors (Lipinski definition) is 3. The van der Waals surface area contributed by atoms with Gasteiger partial charge < -0.3 is 14.9 Å². The number of phenolic OH excluding ortho intramolecular Hbond substituents is 1. The molecule has 0 atom stereocenters. The highest BCUT2D eigenvalue weighted by Gasteiger charge is 2.20. The second-order valence-corrected chi connectivity index (χ2v) is 5.74. The summed E-state index contributed by atoms with van der Waals surface area (Å²) in [7, 11) is 0. The van der Waals surface area contributed by atoms with Gasteiger partial charge in [0.2, 0.25) is 0 Å². The number of rotatable bonds is 3. The van der Waals surface area contributed by atoms with E-state index in [1.165, 1.54) is 11.3 Å². The van der Waals surface area contributed by atoms with Crippen LogP contribution in [-0.2, 0) is 6.54 Å². The van der Waals surface area contributed by atoms with E-state index in [2.05, 4.69) is 17.0 Å². The van der Waals surface area contributed by atoms with Gasteiger partial charge in [0.25, 0.3) is 0 Å². The van der Waals surface area contributed by atoms with E-state index in [0.29, 0.717) is 5.75 Å². The third-order valence-electron chi connectivity index (χ3n) is 4.20. The molecule has 4 heteroatoms. The molecule has 0 saturated carbocycles. The Morgan fingerprint density at radius 2 is 1.82 bits per heavy atom. The Bertz CT molecular complexity index is 667. The molecular formula is C18H20N3O+. The first-order valence-corrected chi connectivity index (χ1v) is 7.61. The van der Waals surface area contributed by atoms with Crippen molar-refractivity contribution < 1.29 is 10.0 Å². The van der Waals surface area contributed by atoms with Crippen molar-refractivity contribution in [2.24, 2.45) is 0 Å². The monoisotopic (exact) mass is 294 g/mol. The van der Waals surface area contributed by atoms with Crippen molar-refractivity contribution in [3.8, 4) is 11.8 Å². The first-order valence-electron chi connectivity index (χ1n) is 7.61. The molecule has 0 aliphatic carbocycles. The van der Waals surface area contributed by atoms with Crippen molar-refractivity contribution in [3.63, 3.8) is 0 Å². The molecule has 1 heterocycles. The number of quaternary nitrogens is 1. The van der Waals surface area contributed by atoms with E-state index in [9.17, 15) is 5.11 Å². The number of aromatic hydroxyl groups is 1. The molecule has 2 N–H and O–H groups in total. The van der Waals surface area contributed by atoms with Gasteiger partial charge in [-0.05, 0) is 36.4 Å². The smallest absolute Gasteiger partial charge is 0.115 e. The summed E-state index contributed by atoms with van der Waals surface area (Å²) in [4.78, 5) is 3.90. The molecular weight excluding hydrogens is 274 g/mol. The molecule has 0 spiro atoms. The lowest BCUT2D eigenvalue weighted by atomic mass is 10.1. The summed E-state index contributed by atoms with van der Waals surface area (Å²) < 4.78 is 0. The summed E-state index contributed by atoms with van der Waals surface area (Å²) in [5.41, 5.74) is 3.13. The maximum atomic E-state index is 9.36. The predicted molar refractivity (Wildman–Crippen MR) is 85.9 cm³/mol. The van der Waals surface area contributed by atoms with Gasteiger partial charge in [0.05, 0.1) is 37.8 Å². The molecule has 0 radical (unpaired) electrons. The minimum Gasteiger partial charge on any atom is -0.508 e. The zero-order valence-corrected chi connectivity index (χ0v) is 12.5. The molecule has 0 bridgehead atoms. The van der Waals surface area contributed by atoms with Gasteiger partial charge in [-0.15, -0.1) is 0 Å². The maximum absolute atomic E-state index is 9.36. The number of phenols is 1. The highest BCUT2D eigenvalue weighted by Crippen LogP contribution is 2.18. The zero-order valence-electron chi connectivity index (χ0n) is 12.5. The van der Waals surface area contributed by atoms with Crippen molar-refractivity contribution >= 4 is 5.69 Å². The number of nitrogens with zero attached hydrogens (tertiary/aromatic N) is 2. The summed E-state index contributed by atoms with van der Waals surface area (Å²) in [6.07, 6.45) is 0. The van der Waals surface area contributed by atoms with Crippen LogP contribution in [0.4, 0.5) is 5.69 Å². The Kier molecular flexibility index (Phi) is 4.27. The fourth-order valence-corrected chi connectivity index (χ4v) is 2.96. The normalized spacial score (nSPS) is 15.5. The van der Waals surface area contributed by atoms with E-state index in [0.717, 1.165) is 38.3 Å². The molecule has 1 fully saturated rings. The van der Waals surface area contributed by atoms with Crippen LogP contribution in [0.1, 0.15) is 11.1 Å². The van der Waals surface area contributed by atoms with Crippen LogP contribution in [0.3, 0.4) is 0 Å². The molecule has 22 heavy (non-hydrogen) atoms. The second-order valence-electron chi connectivity index (χ2n) is 5.74. The predicted octanol–water partition coefficient (Wildman–Crippen LogP) is 1.17. The Morgan fingerprint density at radius 1 is 1.09 bits per heavy atom. The topological polar surface area (TPSA) is 51.7 Å². The van der Waals surface area contributed by atoms with Crippen molar-refractivity contribution in [2.75, 3.05) is 31.1 Å². The number of nitriles is 1. The highest BCUT2D eigenvalue weighted by molar-refractivity contribution is 5.48. The largest absolute Gasteiger partial charge is 0.508 e. The van der Waals surface area contributed by atoms with E-state index in [1.807, 2.05) is 30.3 Å². The van der Waals surface area contributed by atoms with E-state index in [4.69, 9.17) is 5.26 Å². The SMILES string of the molecule is N#Cc1cccc(C[NH+]2CCN(c3ccc(O)cc3)CC2)c1. The number of hydrogen-bond donors (Lipinski definition) is 2. The molecule has 1 saturated heterocycles. The first kappa shape index (κ1) is 14.4. The molecule has 0 aromatic heterocycles. The van der Waals surface area contributed by atoms with Crippen LogP contribution in [0.15, 0.2) is 48.5 Å². The van der Waals surface area contributed by atoms with E-state index < -0.39 is 0 Å². The van der Waals surface area contributed by atoms with Crippen LogP contribution in [0, 0.1) is 11.3 Å². The number of anilines is 1. The van der Waals surface area contributed by atoms with E-state index in [1.54, 1.807) is 17.0 Å². The van der Waals surface area contributed by atoms with Gasteiger partial charge in [0, 0.05) is 11.3 Å². The summed E-state index contributed by atoms with van der Waals surface area (Å²) in [6, 6.07) is 17.5. The molecule has 112 valence electrons. The van der Waals surface area contributed by atoms with Gasteiger partial charge in [0.15, 0.2) is 0 Å². The van der Waals surface area contributed by atoms with Gasteiger partial charge in [-0.25, -0.2) is 0 Å². The lowest BCUT2D eigenvalue weighted by molar-refractivity contribution is -0.914. The van der Waals surface area contributed by atoms with Crippen molar-refractivity contribution in [3.05, 3.63) is 59.7 Å². The standard InChI is InChI=1S/C18H19N3O/c19-13-15-2-1-3-16(12-15)14-20-8-10-21(11-9-20)17-4-6-18(22)7-5-17/h1-7,12,22H,8-11,14H2/p+1. The second kappa shape index (κ2) is 6.50. The molecule has 1 aliphatic heterocycles. The summed E-state index contributed by atoms with van der Waals surface area (Å²) in [5.74, 6) is 0.311. The third-order valence-corrected chi connectivity index (χ3v) is 4.20. The van der Waals surface area contributed by atoms with Crippen molar-refractivity contribution in [1.29, 1.82) is 5.26 Å². The molecule has 2 aromatic rings. The lowest BCUT2D eigenvalue weighted by Crippen LogP contribution is -3.13. The quantitative estimate of drug-likeness (QED) is 0.893. The Balaban J connectivity index is 1.57.